The third-order valence-electron chi connectivity index (χ3n) is 2.25. The van der Waals surface area contributed by atoms with Crippen LogP contribution in [0.4, 0.5) is 0 Å². The van der Waals surface area contributed by atoms with Crippen LogP contribution in [-0.4, -0.2) is 39.5 Å². The molecule has 66 valence electrons. The van der Waals surface area contributed by atoms with Gasteiger partial charge in [-0.05, 0) is 0 Å². The van der Waals surface area contributed by atoms with Gasteiger partial charge in [0.25, 0.3) is 0 Å². The Labute approximate surface area is 101 Å². The molecule has 0 aliphatic heterocycles. The molecule has 1 heterocycles. The topological polar surface area (TPSA) is 22.1 Å². The van der Waals surface area contributed by atoms with Gasteiger partial charge in [0.2, 0.25) is 0 Å². The van der Waals surface area contributed by atoms with E-state index in [4.69, 9.17) is 4.74 Å². The van der Waals surface area contributed by atoms with Gasteiger partial charge in [0.15, 0.2) is 0 Å². The van der Waals surface area contributed by atoms with Crippen molar-refractivity contribution in [2.75, 3.05) is 6.61 Å². The molecule has 14 heavy (non-hydrogen) atoms. The predicted octanol–water partition coefficient (Wildman–Crippen LogP) is 1.43. The zero-order valence-electron chi connectivity index (χ0n) is 8.45. The van der Waals surface area contributed by atoms with Gasteiger partial charge in [0, 0.05) is 0 Å². The van der Waals surface area contributed by atoms with E-state index in [0.717, 1.165) is 39.2 Å². The summed E-state index contributed by atoms with van der Waals surface area (Å²) in [5.41, 5.74) is 0.988. The van der Waals surface area contributed by atoms with Gasteiger partial charge in [-0.15, -0.1) is 0 Å². The van der Waals surface area contributed by atoms with E-state index in [1.54, 1.807) is 0 Å². The molecule has 0 saturated carbocycles. The third-order valence-corrected chi connectivity index (χ3v) is 3.12. The predicted molar refractivity (Wildman–Crippen MR) is 58.3 cm³/mol. The summed E-state index contributed by atoms with van der Waals surface area (Å²) in [5.74, 6) is 0.891. The van der Waals surface area contributed by atoms with Crippen LogP contribution in [0.1, 0.15) is 6.92 Å². The Balaban J connectivity index is 2.68. The van der Waals surface area contributed by atoms with Gasteiger partial charge in [-0.2, -0.15) is 0 Å². The van der Waals surface area contributed by atoms with Crippen LogP contribution in [0.15, 0.2) is 30.5 Å². The van der Waals surface area contributed by atoms with Crippen molar-refractivity contribution in [2.24, 2.45) is 0 Å². The molecule has 0 aliphatic carbocycles. The number of pyridine rings is 1. The number of benzene rings is 1. The number of rotatable bonds is 2. The molecule has 0 N–H and O–H groups in total. The second kappa shape index (κ2) is 4.30. The van der Waals surface area contributed by atoms with Gasteiger partial charge in [-0.1, -0.05) is 0 Å². The Morgan fingerprint density at radius 1 is 1.36 bits per heavy atom. The van der Waals surface area contributed by atoms with Crippen molar-refractivity contribution < 1.29 is 4.74 Å². The Morgan fingerprint density at radius 3 is 3.00 bits per heavy atom. The van der Waals surface area contributed by atoms with Crippen LogP contribution in [0.2, 0.25) is 0 Å². The molecule has 2 aromatic rings. The minimum absolute atomic E-state index is 0.687. The fraction of sp³-hybridized carbons (Fsp3) is 0.182. The zero-order chi connectivity index (χ0) is 9.97. The van der Waals surface area contributed by atoms with Gasteiger partial charge < -0.3 is 0 Å². The molecule has 0 spiro atoms. The average molecular weight is 195 g/mol. The van der Waals surface area contributed by atoms with E-state index in [1.807, 2.05) is 25.3 Å². The summed E-state index contributed by atoms with van der Waals surface area (Å²) in [5, 5.41) is 1.23. The molecule has 0 saturated heterocycles. The molecule has 0 atom stereocenters. The molecule has 2 rings (SSSR count). The molecule has 1 aromatic carbocycles. The van der Waals surface area contributed by atoms with Gasteiger partial charge in [0.05, 0.1) is 0 Å². The standard InChI is InChI=1S/C11H10NO.Na/c1-2-13-10-7-3-5-9-6-4-8-12-11(9)10;/h3-4,6-8H,2H2,1H3;. The summed E-state index contributed by atoms with van der Waals surface area (Å²) >= 11 is 1.04. The maximum atomic E-state index is 5.53. The Bertz CT molecular complexity index is 456. The molecule has 2 nitrogen and oxygen atoms in total. The summed E-state index contributed by atoms with van der Waals surface area (Å²) in [6.07, 6.45) is 1.81. The van der Waals surface area contributed by atoms with Crippen molar-refractivity contribution in [2.45, 2.75) is 6.92 Å². The summed E-state index contributed by atoms with van der Waals surface area (Å²) in [4.78, 5) is 4.36. The SMILES string of the molecule is CCOc1cc[c]([Na])c2cccnc12. The van der Waals surface area contributed by atoms with Crippen LogP contribution in [0, 0.1) is 0 Å². The Hall–Kier alpha value is -0.570. The normalized spacial score (nSPS) is 10.5. The first-order chi connectivity index (χ1) is 6.83. The van der Waals surface area contributed by atoms with Crippen LogP contribution < -0.4 is 7.55 Å². The fourth-order valence-corrected chi connectivity index (χ4v) is 2.13. The number of hydrogen-bond donors (Lipinski definition) is 0. The molecule has 0 fully saturated rings. The average Bonchev–Trinajstić information content (AvgIpc) is 2.23. The molecule has 0 amide bonds. The number of ether oxygens (including phenoxy) is 1. The molecule has 0 bridgehead atoms. The fourth-order valence-electron chi connectivity index (χ4n) is 1.56. The molecule has 3 heteroatoms. The van der Waals surface area contributed by atoms with Crippen molar-refractivity contribution in [1.82, 2.24) is 4.98 Å². The molecule has 0 unspecified atom stereocenters. The van der Waals surface area contributed by atoms with Crippen LogP contribution in [-0.2, 0) is 0 Å². The van der Waals surface area contributed by atoms with E-state index in [-0.39, 0.29) is 0 Å². The summed E-state index contributed by atoms with van der Waals surface area (Å²) in [7, 11) is 0. The zero-order valence-corrected chi connectivity index (χ0v) is 10.4. The monoisotopic (exact) mass is 195 g/mol. The van der Waals surface area contributed by atoms with Gasteiger partial charge in [-0.3, -0.25) is 0 Å². The second-order valence-corrected chi connectivity index (χ2v) is 4.29. The van der Waals surface area contributed by atoms with Crippen molar-refractivity contribution in [1.29, 1.82) is 0 Å². The van der Waals surface area contributed by atoms with E-state index < -0.39 is 0 Å². The first-order valence-electron chi connectivity index (χ1n) is 4.80. The first kappa shape index (κ1) is 9.97. The maximum absolute atomic E-state index is 5.53. The van der Waals surface area contributed by atoms with Crippen LogP contribution in [0.25, 0.3) is 10.9 Å². The van der Waals surface area contributed by atoms with Crippen molar-refractivity contribution in [3.63, 3.8) is 0 Å². The van der Waals surface area contributed by atoms with Gasteiger partial charge in [-0.25, -0.2) is 0 Å². The first-order valence-corrected chi connectivity index (χ1v) is 5.80. The van der Waals surface area contributed by atoms with Crippen LogP contribution in [0.5, 0.6) is 5.75 Å². The van der Waals surface area contributed by atoms with Crippen molar-refractivity contribution in [3.05, 3.63) is 30.5 Å². The Morgan fingerprint density at radius 2 is 2.21 bits per heavy atom. The van der Waals surface area contributed by atoms with E-state index in [2.05, 4.69) is 17.1 Å². The van der Waals surface area contributed by atoms with E-state index in [9.17, 15) is 0 Å². The third kappa shape index (κ3) is 1.78. The van der Waals surface area contributed by atoms with Crippen molar-refractivity contribution in [3.8, 4) is 5.75 Å². The summed E-state index contributed by atoms with van der Waals surface area (Å²) in [6.45, 7) is 2.68. The number of hydrogen-bond acceptors (Lipinski definition) is 2. The quantitative estimate of drug-likeness (QED) is 0.676. The van der Waals surface area contributed by atoms with Crippen LogP contribution >= 0.6 is 0 Å². The molecule has 1 aromatic heterocycles. The van der Waals surface area contributed by atoms with E-state index in [0.29, 0.717) is 6.61 Å². The molecule has 0 aliphatic rings. The molecular weight excluding hydrogens is 185 g/mol. The molecule has 0 radical (unpaired) electrons. The van der Waals surface area contributed by atoms with E-state index >= 15 is 0 Å². The number of nitrogens with zero attached hydrogens (tertiary/aromatic N) is 1. The van der Waals surface area contributed by atoms with Crippen LogP contribution in [0.3, 0.4) is 0 Å². The summed E-state index contributed by atoms with van der Waals surface area (Å²) < 4.78 is 6.90. The number of aromatic nitrogens is 1. The molecular formula is C11H10NNaO. The summed E-state index contributed by atoms with van der Waals surface area (Å²) in [6, 6.07) is 8.22. The van der Waals surface area contributed by atoms with Gasteiger partial charge in [0.1, 0.15) is 0 Å². The van der Waals surface area contributed by atoms with Crippen molar-refractivity contribution >= 4 is 41.6 Å². The Kier molecular flexibility index (Phi) is 3.06. The second-order valence-electron chi connectivity index (χ2n) is 3.21. The minimum atomic E-state index is 0.687. The van der Waals surface area contributed by atoms with E-state index in [1.165, 1.54) is 8.20 Å². The number of fused-ring (bicyclic) bond motifs is 1. The van der Waals surface area contributed by atoms with Gasteiger partial charge >= 0.3 is 101 Å².